The summed E-state index contributed by atoms with van der Waals surface area (Å²) in [4.78, 5) is 0. The molecule has 4 atom stereocenters. The van der Waals surface area contributed by atoms with Crippen molar-refractivity contribution in [2.75, 3.05) is 0 Å². The van der Waals surface area contributed by atoms with Crippen LogP contribution in [-0.2, 0) is 15.7 Å². The largest absolute Gasteiger partial charge is 0.447 e. The Labute approximate surface area is 181 Å². The summed E-state index contributed by atoms with van der Waals surface area (Å²) in [5.74, 6) is -3.20. The predicted octanol–water partition coefficient (Wildman–Crippen LogP) is 4.83. The molecule has 2 heterocycles. The molecule has 2 saturated heterocycles. The van der Waals surface area contributed by atoms with Crippen LogP contribution in [0.3, 0.4) is 0 Å². The number of nitrogens with zero attached hydrogens (tertiary/aromatic N) is 3. The van der Waals surface area contributed by atoms with Gasteiger partial charge in [-0.15, -0.1) is 0 Å². The highest BCUT2D eigenvalue weighted by molar-refractivity contribution is 5.90. The number of benzene rings is 2. The van der Waals surface area contributed by atoms with Crippen LogP contribution in [0, 0.1) is 50.2 Å². The lowest BCUT2D eigenvalue weighted by atomic mass is 9.52. The van der Waals surface area contributed by atoms with Gasteiger partial charge in [0.25, 0.3) is 0 Å². The second kappa shape index (κ2) is 6.82. The highest BCUT2D eigenvalue weighted by atomic mass is 19.4. The van der Waals surface area contributed by atoms with Crippen LogP contribution in [0.5, 0.6) is 0 Å². The van der Waals surface area contributed by atoms with Crippen molar-refractivity contribution in [1.29, 1.82) is 21.2 Å². The maximum absolute atomic E-state index is 13.0. The van der Waals surface area contributed by atoms with Gasteiger partial charge in [0.1, 0.15) is 6.10 Å². The average molecular weight is 436 g/mol. The van der Waals surface area contributed by atoms with Crippen molar-refractivity contribution in [1.82, 2.24) is 0 Å². The Morgan fingerprint density at radius 1 is 0.906 bits per heavy atom. The lowest BCUT2D eigenvalue weighted by molar-refractivity contribution is -0.253. The Balaban J connectivity index is 1.96. The van der Waals surface area contributed by atoms with E-state index in [0.717, 1.165) is 24.3 Å². The second-order valence-electron chi connectivity index (χ2n) is 7.86. The van der Waals surface area contributed by atoms with Gasteiger partial charge in [0.2, 0.25) is 17.1 Å². The van der Waals surface area contributed by atoms with Crippen LogP contribution in [-0.4, -0.2) is 11.7 Å². The lowest BCUT2D eigenvalue weighted by Gasteiger charge is -2.48. The molecule has 0 spiro atoms. The van der Waals surface area contributed by atoms with E-state index in [2.05, 4.69) is 0 Å². The van der Waals surface area contributed by atoms with Crippen molar-refractivity contribution in [3.05, 3.63) is 71.3 Å². The summed E-state index contributed by atoms with van der Waals surface area (Å²) >= 11 is 0. The van der Waals surface area contributed by atoms with Gasteiger partial charge in [0.05, 0.1) is 29.7 Å². The van der Waals surface area contributed by atoms with E-state index in [1.54, 1.807) is 30.3 Å². The monoisotopic (exact) mass is 436 g/mol. The fourth-order valence-electron chi connectivity index (χ4n) is 4.78. The number of nitriles is 3. The normalized spacial score (nSPS) is 30.5. The smallest absolute Gasteiger partial charge is 0.416 e. The van der Waals surface area contributed by atoms with Gasteiger partial charge >= 0.3 is 6.18 Å². The molecular formula is C23H15F3N4O2. The van der Waals surface area contributed by atoms with Gasteiger partial charge < -0.3 is 9.47 Å². The summed E-state index contributed by atoms with van der Waals surface area (Å²) in [6, 6.07) is 18.1. The van der Waals surface area contributed by atoms with Crippen molar-refractivity contribution in [2.45, 2.75) is 30.9 Å². The van der Waals surface area contributed by atoms with E-state index in [1.165, 1.54) is 6.92 Å². The van der Waals surface area contributed by atoms with Crippen LogP contribution < -0.4 is 0 Å². The summed E-state index contributed by atoms with van der Waals surface area (Å²) in [6.45, 7) is 1.49. The van der Waals surface area contributed by atoms with Crippen LogP contribution in [0.15, 0.2) is 54.6 Å². The molecule has 0 saturated carbocycles. The molecule has 0 aromatic heterocycles. The minimum atomic E-state index is -4.57. The van der Waals surface area contributed by atoms with E-state index in [0.29, 0.717) is 5.56 Å². The lowest BCUT2D eigenvalue weighted by Crippen LogP contribution is -2.57. The van der Waals surface area contributed by atoms with Crippen molar-refractivity contribution in [3.63, 3.8) is 0 Å². The number of hydrogen-bond acceptors (Lipinski definition) is 6. The van der Waals surface area contributed by atoms with Crippen molar-refractivity contribution in [3.8, 4) is 18.2 Å². The molecule has 2 aliphatic rings. The third kappa shape index (κ3) is 2.57. The van der Waals surface area contributed by atoms with Gasteiger partial charge in [-0.2, -0.15) is 29.0 Å². The third-order valence-electron chi connectivity index (χ3n) is 6.19. The zero-order valence-electron chi connectivity index (χ0n) is 16.6. The molecule has 4 rings (SSSR count). The molecule has 1 N–H and O–H groups in total. The van der Waals surface area contributed by atoms with Crippen LogP contribution in [0.1, 0.15) is 35.6 Å². The van der Waals surface area contributed by atoms with Gasteiger partial charge in [0, 0.05) is 6.92 Å². The molecule has 2 aliphatic heterocycles. The summed E-state index contributed by atoms with van der Waals surface area (Å²) in [5.41, 5.74) is -4.61. The molecule has 2 bridgehead atoms. The first-order valence-electron chi connectivity index (χ1n) is 9.51. The number of fused-ring (bicyclic) bond motifs is 2. The molecular weight excluding hydrogens is 421 g/mol. The Morgan fingerprint density at radius 2 is 1.50 bits per heavy atom. The standard InChI is InChI=1S/C23H15F3N4O2/c1-20-17(14-5-3-2-4-6-14)22(13-29,19(30)32-20)21(11-27,12-28)18(31-20)15-7-9-16(10-8-15)23(24,25)26/h2-10,17-18,30H,1H3. The molecule has 2 aromatic carbocycles. The number of nitrogens with one attached hydrogen (secondary N) is 1. The second-order valence-corrected chi connectivity index (χ2v) is 7.86. The topological polar surface area (TPSA) is 114 Å². The maximum atomic E-state index is 13.0. The van der Waals surface area contributed by atoms with Crippen LogP contribution in [0.4, 0.5) is 13.2 Å². The van der Waals surface area contributed by atoms with Crippen molar-refractivity contribution in [2.24, 2.45) is 10.8 Å². The minimum absolute atomic E-state index is 0.0942. The first-order chi connectivity index (χ1) is 15.1. The Kier molecular flexibility index (Phi) is 4.55. The minimum Gasteiger partial charge on any atom is -0.447 e. The highest BCUT2D eigenvalue weighted by Crippen LogP contribution is 2.69. The quantitative estimate of drug-likeness (QED) is 0.724. The molecule has 6 nitrogen and oxygen atoms in total. The molecule has 9 heteroatoms. The van der Waals surface area contributed by atoms with Crippen LogP contribution >= 0.6 is 0 Å². The van der Waals surface area contributed by atoms with E-state index in [9.17, 15) is 29.0 Å². The zero-order chi connectivity index (χ0) is 23.4. The van der Waals surface area contributed by atoms with Crippen molar-refractivity contribution < 1.29 is 22.6 Å². The molecule has 2 aromatic rings. The highest BCUT2D eigenvalue weighted by Gasteiger charge is 2.79. The molecule has 2 fully saturated rings. The number of halogens is 3. The summed E-state index contributed by atoms with van der Waals surface area (Å²) in [5, 5.41) is 39.2. The fourth-order valence-corrected chi connectivity index (χ4v) is 4.78. The maximum Gasteiger partial charge on any atom is 0.416 e. The van der Waals surface area contributed by atoms with Gasteiger partial charge in [0.15, 0.2) is 5.41 Å². The molecule has 4 unspecified atom stereocenters. The Hall–Kier alpha value is -3.87. The van der Waals surface area contributed by atoms with E-state index in [-0.39, 0.29) is 5.56 Å². The molecule has 0 aliphatic carbocycles. The summed E-state index contributed by atoms with van der Waals surface area (Å²) < 4.78 is 50.8. The average Bonchev–Trinajstić information content (AvgIpc) is 2.96. The molecule has 32 heavy (non-hydrogen) atoms. The molecule has 160 valence electrons. The van der Waals surface area contributed by atoms with Gasteiger partial charge in [-0.25, -0.2) is 0 Å². The SMILES string of the molecule is CC12OC(=N)C(C#N)(C1c1ccccc1)C(C#N)(C#N)C(c1ccc(C(F)(F)F)cc1)O2. The van der Waals surface area contributed by atoms with Gasteiger partial charge in [-0.1, -0.05) is 42.5 Å². The molecule has 0 radical (unpaired) electrons. The van der Waals surface area contributed by atoms with Gasteiger partial charge in [-0.05, 0) is 23.3 Å². The third-order valence-corrected chi connectivity index (χ3v) is 6.19. The van der Waals surface area contributed by atoms with E-state index in [1.807, 2.05) is 18.2 Å². The van der Waals surface area contributed by atoms with Crippen LogP contribution in [0.2, 0.25) is 0 Å². The predicted molar refractivity (Wildman–Crippen MR) is 103 cm³/mol. The summed E-state index contributed by atoms with van der Waals surface area (Å²) in [7, 11) is 0. The zero-order valence-corrected chi connectivity index (χ0v) is 16.6. The van der Waals surface area contributed by atoms with Crippen LogP contribution in [0.25, 0.3) is 0 Å². The number of alkyl halides is 3. The Bertz CT molecular complexity index is 1190. The van der Waals surface area contributed by atoms with E-state index >= 15 is 0 Å². The Morgan fingerprint density at radius 3 is 2.00 bits per heavy atom. The number of rotatable bonds is 2. The fraction of sp³-hybridized carbons (Fsp3) is 0.304. The van der Waals surface area contributed by atoms with E-state index < -0.39 is 46.3 Å². The van der Waals surface area contributed by atoms with Crippen molar-refractivity contribution >= 4 is 5.90 Å². The number of ether oxygens (including phenoxy) is 2. The summed E-state index contributed by atoms with van der Waals surface area (Å²) in [6.07, 6.45) is -6.01. The molecule has 0 amide bonds. The number of hydrogen-bond donors (Lipinski definition) is 1. The van der Waals surface area contributed by atoms with E-state index in [4.69, 9.17) is 14.9 Å². The van der Waals surface area contributed by atoms with Gasteiger partial charge in [-0.3, -0.25) is 5.41 Å². The first kappa shape index (κ1) is 21.4. The first-order valence-corrected chi connectivity index (χ1v) is 9.51.